The molecule has 0 atom stereocenters. The van der Waals surface area contributed by atoms with Crippen LogP contribution in [0.25, 0.3) is 129 Å². The van der Waals surface area contributed by atoms with Gasteiger partial charge < -0.3 is 0 Å². The highest BCUT2D eigenvalue weighted by molar-refractivity contribution is 9.10. The van der Waals surface area contributed by atoms with Crippen LogP contribution in [0.4, 0.5) is 17.6 Å². The first kappa shape index (κ1) is 25.3. The average molecular weight is 752 g/mol. The van der Waals surface area contributed by atoms with Gasteiger partial charge in [-0.25, -0.2) is 17.6 Å². The van der Waals surface area contributed by atoms with E-state index in [1.807, 2.05) is 24.3 Å². The van der Waals surface area contributed by atoms with Crippen LogP contribution in [-0.2, 0) is 0 Å². The molecule has 0 unspecified atom stereocenters. The van der Waals surface area contributed by atoms with Crippen LogP contribution >= 0.6 is 31.9 Å². The third-order valence-corrected chi connectivity index (χ3v) is 12.3. The number of benzene rings is 13. The monoisotopic (exact) mass is 750 g/mol. The Hall–Kier alpha value is -4.78. The molecule has 0 saturated heterocycles. The van der Waals surface area contributed by atoms with Gasteiger partial charge in [-0.05, 0) is 202 Å². The largest absolute Gasteiger partial charge is 0.207 e. The summed E-state index contributed by atoms with van der Waals surface area (Å²) in [6, 6.07) is 20.5. The summed E-state index contributed by atoms with van der Waals surface area (Å²) in [6.45, 7) is 0. The van der Waals surface area contributed by atoms with Crippen molar-refractivity contribution in [1.29, 1.82) is 0 Å². The van der Waals surface area contributed by atoms with E-state index in [0.29, 0.717) is 21.5 Å². The number of hydrogen-bond acceptors (Lipinski definition) is 0. The van der Waals surface area contributed by atoms with Crippen molar-refractivity contribution in [2.24, 2.45) is 0 Å². The maximum atomic E-state index is 15.8. The highest BCUT2D eigenvalue weighted by Gasteiger charge is 2.32. The predicted octanol–water partition coefficient (Wildman–Crippen LogP) is 14.2. The molecule has 0 nitrogen and oxygen atoms in total. The summed E-state index contributed by atoms with van der Waals surface area (Å²) < 4.78 is 64.9. The minimum atomic E-state index is -0.409. The maximum absolute atomic E-state index is 15.8. The smallest absolute Gasteiger partial charge is 0.124 e. The Labute approximate surface area is 282 Å². The molecule has 0 saturated carbocycles. The van der Waals surface area contributed by atoms with E-state index < -0.39 is 23.3 Å². The standard InChI is InChI=1S/C42H12Br2F4/c43-13-1-19-23-5-15(45)9-27-28-10-17(47)7-25-21-3-14(44)4-22-26-8-18(48)12-30-29-11-16(46)6-24-20(2-13)31(19)37-39(33(23)27)41(35(25)28)38(32(21)22)42(36(26)30)40(37)34(24)29/h1-12H. The third-order valence-electron chi connectivity index (χ3n) is 11.4. The first-order valence-electron chi connectivity index (χ1n) is 15.6. The Kier molecular flexibility index (Phi) is 3.99. The quantitative estimate of drug-likeness (QED) is 0.0822. The summed E-state index contributed by atoms with van der Waals surface area (Å²) in [4.78, 5) is 0. The normalized spacial score (nSPS) is 13.6. The Morgan fingerprint density at radius 3 is 0.542 bits per heavy atom. The zero-order chi connectivity index (χ0) is 31.8. The molecule has 13 aromatic rings. The van der Waals surface area contributed by atoms with Gasteiger partial charge >= 0.3 is 0 Å². The van der Waals surface area contributed by atoms with Crippen molar-refractivity contribution >= 4 is 161 Å². The summed E-state index contributed by atoms with van der Waals surface area (Å²) in [5.41, 5.74) is 0. The lowest BCUT2D eigenvalue weighted by atomic mass is 9.73. The lowest BCUT2D eigenvalue weighted by Gasteiger charge is -2.29. The molecule has 0 fully saturated rings. The zero-order valence-corrected chi connectivity index (χ0v) is 27.4. The lowest BCUT2D eigenvalue weighted by Crippen LogP contribution is -2.01. The van der Waals surface area contributed by atoms with Crippen molar-refractivity contribution < 1.29 is 17.6 Å². The number of rotatable bonds is 0. The molecular weight excluding hydrogens is 740 g/mol. The van der Waals surface area contributed by atoms with Gasteiger partial charge in [0, 0.05) is 8.95 Å². The van der Waals surface area contributed by atoms with Crippen LogP contribution in [-0.4, -0.2) is 0 Å². The van der Waals surface area contributed by atoms with E-state index in [9.17, 15) is 0 Å². The van der Waals surface area contributed by atoms with E-state index >= 15 is 17.6 Å². The zero-order valence-electron chi connectivity index (χ0n) is 24.2. The molecule has 222 valence electrons. The van der Waals surface area contributed by atoms with Crippen molar-refractivity contribution in [3.8, 4) is 0 Å². The fraction of sp³-hybridized carbons (Fsp3) is 0. The molecule has 0 aliphatic heterocycles. The Morgan fingerprint density at radius 2 is 0.375 bits per heavy atom. The Morgan fingerprint density at radius 1 is 0.229 bits per heavy atom. The highest BCUT2D eigenvalue weighted by Crippen LogP contribution is 2.60. The molecule has 0 amide bonds. The molecule has 0 aliphatic rings. The molecule has 0 radical (unpaired) electrons. The molecule has 0 aromatic heterocycles. The topological polar surface area (TPSA) is 0 Å². The molecule has 48 heavy (non-hydrogen) atoms. The van der Waals surface area contributed by atoms with Crippen molar-refractivity contribution in [1.82, 2.24) is 0 Å². The second-order valence-corrected chi connectivity index (χ2v) is 15.3. The second kappa shape index (κ2) is 7.59. The fourth-order valence-electron chi connectivity index (χ4n) is 10.1. The van der Waals surface area contributed by atoms with Crippen LogP contribution in [0.15, 0.2) is 81.7 Å². The molecule has 0 bridgehead atoms. The summed E-state index contributed by atoms with van der Waals surface area (Å²) in [5.74, 6) is -1.64. The van der Waals surface area contributed by atoms with Gasteiger partial charge in [0.15, 0.2) is 0 Å². The van der Waals surface area contributed by atoms with E-state index in [-0.39, 0.29) is 0 Å². The molecule has 6 heteroatoms. The molecule has 0 spiro atoms. The highest BCUT2D eigenvalue weighted by atomic mass is 79.9. The molecular formula is C42H12Br2F4. The van der Waals surface area contributed by atoms with Gasteiger partial charge in [-0.2, -0.15) is 0 Å². The van der Waals surface area contributed by atoms with Gasteiger partial charge in [-0.1, -0.05) is 31.9 Å². The SMILES string of the molecule is Fc1cc2c3cc(F)cc4c5cc(Br)cc6c7cc(F)cc8c9cc(F)cc%10c%11cc(Br)cc%12c(c1)c2c1c(c34)c(c56)c(c87)c(c9%10)c1c%12%11. The van der Waals surface area contributed by atoms with Gasteiger partial charge in [0.2, 0.25) is 0 Å². The second-order valence-electron chi connectivity index (χ2n) is 13.5. The van der Waals surface area contributed by atoms with Crippen LogP contribution in [0, 0.1) is 23.3 Å². The minimum Gasteiger partial charge on any atom is -0.207 e. The number of hydrogen-bond donors (Lipinski definition) is 0. The van der Waals surface area contributed by atoms with Crippen molar-refractivity contribution in [3.63, 3.8) is 0 Å². The van der Waals surface area contributed by atoms with E-state index in [2.05, 4.69) is 31.9 Å². The van der Waals surface area contributed by atoms with Crippen LogP contribution in [0.3, 0.4) is 0 Å². The van der Waals surface area contributed by atoms with Gasteiger partial charge in [0.25, 0.3) is 0 Å². The molecule has 13 rings (SSSR count). The lowest BCUT2D eigenvalue weighted by molar-refractivity contribution is 0.630. The van der Waals surface area contributed by atoms with E-state index in [1.54, 1.807) is 24.3 Å². The first-order valence-corrected chi connectivity index (χ1v) is 17.1. The minimum absolute atomic E-state index is 0.409. The molecule has 0 heterocycles. The Bertz CT molecular complexity index is 2810. The van der Waals surface area contributed by atoms with Crippen LogP contribution in [0.5, 0.6) is 0 Å². The summed E-state index contributed by atoms with van der Waals surface area (Å²) in [6.07, 6.45) is 0. The summed E-state index contributed by atoms with van der Waals surface area (Å²) >= 11 is 7.44. The molecule has 0 N–H and O–H groups in total. The van der Waals surface area contributed by atoms with Gasteiger partial charge in [0.1, 0.15) is 23.3 Å². The van der Waals surface area contributed by atoms with Gasteiger partial charge in [0.05, 0.1) is 0 Å². The van der Waals surface area contributed by atoms with Crippen molar-refractivity contribution in [2.75, 3.05) is 0 Å². The van der Waals surface area contributed by atoms with E-state index in [0.717, 1.165) is 117 Å². The van der Waals surface area contributed by atoms with Crippen LogP contribution < -0.4 is 0 Å². The van der Waals surface area contributed by atoms with Gasteiger partial charge in [-0.3, -0.25) is 0 Å². The molecule has 0 aliphatic carbocycles. The average Bonchev–Trinajstić information content (AvgIpc) is 3.05. The van der Waals surface area contributed by atoms with E-state index in [1.165, 1.54) is 24.3 Å². The van der Waals surface area contributed by atoms with Crippen LogP contribution in [0.2, 0.25) is 0 Å². The first-order chi connectivity index (χ1) is 23.3. The molecule has 13 aromatic carbocycles. The predicted molar refractivity (Wildman–Crippen MR) is 199 cm³/mol. The Balaban J connectivity index is 1.61. The fourth-order valence-corrected chi connectivity index (χ4v) is 11.0. The van der Waals surface area contributed by atoms with E-state index in [4.69, 9.17) is 0 Å². The van der Waals surface area contributed by atoms with Crippen LogP contribution in [0.1, 0.15) is 0 Å². The number of fused-ring (bicyclic) bond motifs is 6. The maximum Gasteiger partial charge on any atom is 0.124 e. The summed E-state index contributed by atoms with van der Waals surface area (Å²) in [7, 11) is 0. The summed E-state index contributed by atoms with van der Waals surface area (Å²) in [5, 5.41) is 20.3. The van der Waals surface area contributed by atoms with Crippen molar-refractivity contribution in [2.45, 2.75) is 0 Å². The van der Waals surface area contributed by atoms with Crippen molar-refractivity contribution in [3.05, 3.63) is 105 Å². The van der Waals surface area contributed by atoms with Gasteiger partial charge in [-0.15, -0.1) is 0 Å². The number of halogens is 6. The third kappa shape index (κ3) is 2.50.